The molecule has 1 unspecified atom stereocenters. The number of piperidine rings is 2. The van der Waals surface area contributed by atoms with Crippen molar-refractivity contribution < 1.29 is 0 Å². The summed E-state index contributed by atoms with van der Waals surface area (Å²) in [5.74, 6) is 0.833. The highest BCUT2D eigenvalue weighted by Crippen LogP contribution is 2.33. The first-order valence-corrected chi connectivity index (χ1v) is 8.05. The van der Waals surface area contributed by atoms with Crippen LogP contribution in [0, 0.1) is 5.92 Å². The quantitative estimate of drug-likeness (QED) is 0.825. The van der Waals surface area contributed by atoms with Gasteiger partial charge in [0.1, 0.15) is 0 Å². The van der Waals surface area contributed by atoms with Crippen LogP contribution in [0.5, 0.6) is 0 Å². The van der Waals surface area contributed by atoms with Crippen LogP contribution in [0.15, 0.2) is 0 Å². The van der Waals surface area contributed by atoms with Crippen LogP contribution in [0.2, 0.25) is 0 Å². The van der Waals surface area contributed by atoms with E-state index in [1.165, 1.54) is 45.2 Å². The number of nitrogens with one attached hydrogen (secondary N) is 1. The minimum absolute atomic E-state index is 0.257. The second-order valence-electron chi connectivity index (χ2n) is 8.04. The van der Waals surface area contributed by atoms with E-state index in [1.54, 1.807) is 0 Å². The van der Waals surface area contributed by atoms with Crippen LogP contribution in [0.25, 0.3) is 0 Å². The van der Waals surface area contributed by atoms with Gasteiger partial charge in [-0.25, -0.2) is 0 Å². The number of nitrogens with zero attached hydrogens (tertiary/aromatic N) is 1. The van der Waals surface area contributed by atoms with Crippen LogP contribution in [-0.2, 0) is 0 Å². The largest absolute Gasteiger partial charge is 0.330 e. The molecule has 2 heterocycles. The summed E-state index contributed by atoms with van der Waals surface area (Å²) < 4.78 is 0. The molecule has 19 heavy (non-hydrogen) atoms. The Morgan fingerprint density at radius 1 is 1.16 bits per heavy atom. The Kier molecular flexibility index (Phi) is 4.59. The second-order valence-corrected chi connectivity index (χ2v) is 8.04. The lowest BCUT2D eigenvalue weighted by atomic mass is 9.78. The van der Waals surface area contributed by atoms with Crippen molar-refractivity contribution in [1.82, 2.24) is 10.2 Å². The molecule has 2 fully saturated rings. The van der Waals surface area contributed by atoms with Crippen LogP contribution < -0.4 is 11.1 Å². The zero-order valence-corrected chi connectivity index (χ0v) is 13.3. The van der Waals surface area contributed by atoms with E-state index in [1.807, 2.05) is 0 Å². The second kappa shape index (κ2) is 5.71. The van der Waals surface area contributed by atoms with Crippen LogP contribution >= 0.6 is 0 Å². The molecule has 3 N–H and O–H groups in total. The minimum Gasteiger partial charge on any atom is -0.330 e. The van der Waals surface area contributed by atoms with Crippen molar-refractivity contribution in [3.05, 3.63) is 0 Å². The van der Waals surface area contributed by atoms with Gasteiger partial charge in [-0.1, -0.05) is 0 Å². The van der Waals surface area contributed by atoms with E-state index in [9.17, 15) is 0 Å². The number of hydrogen-bond acceptors (Lipinski definition) is 3. The molecular formula is C16H33N3. The average Bonchev–Trinajstić information content (AvgIpc) is 2.25. The van der Waals surface area contributed by atoms with Gasteiger partial charge in [-0.05, 0) is 78.8 Å². The summed E-state index contributed by atoms with van der Waals surface area (Å²) in [6.45, 7) is 12.8. The summed E-state index contributed by atoms with van der Waals surface area (Å²) in [5, 5.41) is 3.79. The Morgan fingerprint density at radius 2 is 1.79 bits per heavy atom. The fourth-order valence-electron chi connectivity index (χ4n) is 4.43. The van der Waals surface area contributed by atoms with Gasteiger partial charge >= 0.3 is 0 Å². The molecule has 2 rings (SSSR count). The van der Waals surface area contributed by atoms with E-state index < -0.39 is 0 Å². The summed E-state index contributed by atoms with van der Waals surface area (Å²) in [6.07, 6.45) is 6.48. The summed E-state index contributed by atoms with van der Waals surface area (Å²) in [4.78, 5) is 2.76. The maximum Gasteiger partial charge on any atom is 0.0145 e. The van der Waals surface area contributed by atoms with Gasteiger partial charge in [0.25, 0.3) is 0 Å². The smallest absolute Gasteiger partial charge is 0.0145 e. The third-order valence-corrected chi connectivity index (χ3v) is 4.81. The Labute approximate surface area is 119 Å². The fraction of sp³-hybridized carbons (Fsp3) is 1.00. The molecule has 0 saturated carbocycles. The summed E-state index contributed by atoms with van der Waals surface area (Å²) in [7, 11) is 0. The van der Waals surface area contributed by atoms with Crippen LogP contribution in [0.3, 0.4) is 0 Å². The van der Waals surface area contributed by atoms with Crippen molar-refractivity contribution in [3.8, 4) is 0 Å². The molecule has 0 amide bonds. The molecule has 0 spiro atoms. The molecule has 2 aliphatic heterocycles. The molecule has 3 heteroatoms. The zero-order chi connectivity index (χ0) is 14.1. The lowest BCUT2D eigenvalue weighted by Gasteiger charge is -2.51. The van der Waals surface area contributed by atoms with Crippen molar-refractivity contribution in [2.45, 2.75) is 76.9 Å². The van der Waals surface area contributed by atoms with Gasteiger partial charge in [0.05, 0.1) is 0 Å². The van der Waals surface area contributed by atoms with E-state index in [4.69, 9.17) is 5.73 Å². The number of nitrogens with two attached hydrogens (primary N) is 1. The van der Waals surface area contributed by atoms with Gasteiger partial charge in [0.2, 0.25) is 0 Å². The molecule has 2 saturated heterocycles. The highest BCUT2D eigenvalue weighted by atomic mass is 15.2. The van der Waals surface area contributed by atoms with Crippen molar-refractivity contribution in [3.63, 3.8) is 0 Å². The van der Waals surface area contributed by atoms with Crippen molar-refractivity contribution in [2.75, 3.05) is 19.6 Å². The monoisotopic (exact) mass is 267 g/mol. The predicted octanol–water partition coefficient (Wildman–Crippen LogP) is 2.36. The first-order valence-electron chi connectivity index (χ1n) is 8.05. The van der Waals surface area contributed by atoms with Gasteiger partial charge < -0.3 is 11.1 Å². The zero-order valence-electron chi connectivity index (χ0n) is 13.3. The van der Waals surface area contributed by atoms with Gasteiger partial charge in [-0.15, -0.1) is 0 Å². The SMILES string of the molecule is CC1(C)CC(N2CCCC(CCN)C2)CC(C)(C)N1. The molecule has 1 atom stereocenters. The highest BCUT2D eigenvalue weighted by molar-refractivity contribution is 5.00. The Bertz CT molecular complexity index is 280. The fourth-order valence-corrected chi connectivity index (χ4v) is 4.43. The number of hydrogen-bond donors (Lipinski definition) is 2. The molecule has 0 aromatic rings. The van der Waals surface area contributed by atoms with Crippen LogP contribution in [-0.4, -0.2) is 41.7 Å². The third kappa shape index (κ3) is 4.17. The predicted molar refractivity (Wildman–Crippen MR) is 82.3 cm³/mol. The van der Waals surface area contributed by atoms with Crippen LogP contribution in [0.1, 0.15) is 59.8 Å². The maximum absolute atomic E-state index is 5.74. The molecule has 0 aliphatic carbocycles. The van der Waals surface area contributed by atoms with Crippen molar-refractivity contribution in [1.29, 1.82) is 0 Å². The standard InChI is InChI=1S/C16H33N3/c1-15(2)10-14(11-16(3,4)18-15)19-9-5-6-13(12-19)7-8-17/h13-14,18H,5-12,17H2,1-4H3. The van der Waals surface area contributed by atoms with E-state index in [0.717, 1.165) is 18.5 Å². The summed E-state index contributed by atoms with van der Waals surface area (Å²) >= 11 is 0. The number of likely N-dealkylation sites (tertiary alicyclic amines) is 1. The molecule has 2 aliphatic rings. The molecular weight excluding hydrogens is 234 g/mol. The van der Waals surface area contributed by atoms with E-state index in [0.29, 0.717) is 0 Å². The first kappa shape index (κ1) is 15.3. The molecule has 0 aromatic carbocycles. The van der Waals surface area contributed by atoms with E-state index in [2.05, 4.69) is 37.9 Å². The maximum atomic E-state index is 5.74. The normalized spacial score (nSPS) is 32.4. The summed E-state index contributed by atoms with van der Waals surface area (Å²) in [6, 6.07) is 0.742. The van der Waals surface area contributed by atoms with Crippen molar-refractivity contribution >= 4 is 0 Å². The lowest BCUT2D eigenvalue weighted by molar-refractivity contribution is 0.0384. The van der Waals surface area contributed by atoms with Crippen molar-refractivity contribution in [2.24, 2.45) is 11.7 Å². The Morgan fingerprint density at radius 3 is 2.37 bits per heavy atom. The van der Waals surface area contributed by atoms with E-state index >= 15 is 0 Å². The first-order chi connectivity index (χ1) is 8.81. The summed E-state index contributed by atoms with van der Waals surface area (Å²) in [5.41, 5.74) is 6.26. The number of rotatable bonds is 3. The van der Waals surface area contributed by atoms with Crippen LogP contribution in [0.4, 0.5) is 0 Å². The van der Waals surface area contributed by atoms with Gasteiger partial charge in [-0.3, -0.25) is 4.90 Å². The third-order valence-electron chi connectivity index (χ3n) is 4.81. The molecule has 0 radical (unpaired) electrons. The molecule has 3 nitrogen and oxygen atoms in total. The lowest BCUT2D eigenvalue weighted by Crippen LogP contribution is -2.63. The average molecular weight is 267 g/mol. The Hall–Kier alpha value is -0.120. The van der Waals surface area contributed by atoms with Gasteiger partial charge in [0, 0.05) is 23.7 Å². The van der Waals surface area contributed by atoms with Gasteiger partial charge in [0.15, 0.2) is 0 Å². The minimum atomic E-state index is 0.257. The molecule has 112 valence electrons. The van der Waals surface area contributed by atoms with E-state index in [-0.39, 0.29) is 11.1 Å². The topological polar surface area (TPSA) is 41.3 Å². The molecule has 0 bridgehead atoms. The highest BCUT2D eigenvalue weighted by Gasteiger charge is 2.40. The Balaban J connectivity index is 2.00. The van der Waals surface area contributed by atoms with Gasteiger partial charge in [-0.2, -0.15) is 0 Å². The molecule has 0 aromatic heterocycles.